The van der Waals surface area contributed by atoms with E-state index in [0.29, 0.717) is 11.5 Å². The summed E-state index contributed by atoms with van der Waals surface area (Å²) in [7, 11) is 0. The van der Waals surface area contributed by atoms with Gasteiger partial charge in [-0.2, -0.15) is 0 Å². The standard InChI is InChI=1S/C11H9ClN2O3/c1-2-16-11(15)8-9(7-4-3-5-17-7)13-6-14-10(8)12/h3-6H,2H2,1H3. The molecule has 2 aromatic rings. The van der Waals surface area contributed by atoms with Gasteiger partial charge < -0.3 is 9.15 Å². The average molecular weight is 253 g/mol. The van der Waals surface area contributed by atoms with Crippen molar-refractivity contribution >= 4 is 17.6 Å². The number of hydrogen-bond acceptors (Lipinski definition) is 5. The van der Waals surface area contributed by atoms with Gasteiger partial charge in [0.2, 0.25) is 0 Å². The Kier molecular flexibility index (Phi) is 3.39. The summed E-state index contributed by atoms with van der Waals surface area (Å²) in [6, 6.07) is 3.38. The molecule has 0 atom stereocenters. The second kappa shape index (κ2) is 4.97. The predicted molar refractivity (Wildman–Crippen MR) is 60.7 cm³/mol. The van der Waals surface area contributed by atoms with Gasteiger partial charge in [0.05, 0.1) is 12.9 Å². The smallest absolute Gasteiger partial charge is 0.343 e. The molecule has 0 radical (unpaired) electrons. The molecule has 0 saturated carbocycles. The van der Waals surface area contributed by atoms with Gasteiger partial charge in [0.25, 0.3) is 0 Å². The van der Waals surface area contributed by atoms with Gasteiger partial charge in [-0.1, -0.05) is 11.6 Å². The van der Waals surface area contributed by atoms with Crippen LogP contribution in [0.15, 0.2) is 29.1 Å². The molecule has 0 N–H and O–H groups in total. The van der Waals surface area contributed by atoms with E-state index in [1.165, 1.54) is 12.6 Å². The predicted octanol–water partition coefficient (Wildman–Crippen LogP) is 2.57. The molecule has 2 rings (SSSR count). The van der Waals surface area contributed by atoms with E-state index in [2.05, 4.69) is 9.97 Å². The lowest BCUT2D eigenvalue weighted by Crippen LogP contribution is -2.09. The highest BCUT2D eigenvalue weighted by Gasteiger charge is 2.21. The Morgan fingerprint density at radius 2 is 2.35 bits per heavy atom. The number of halogens is 1. The summed E-state index contributed by atoms with van der Waals surface area (Å²) in [5.41, 5.74) is 0.444. The van der Waals surface area contributed by atoms with Crippen molar-refractivity contribution in [2.24, 2.45) is 0 Å². The lowest BCUT2D eigenvalue weighted by atomic mass is 10.2. The highest BCUT2D eigenvalue weighted by Crippen LogP contribution is 2.26. The fourth-order valence-corrected chi connectivity index (χ4v) is 1.56. The molecular weight excluding hydrogens is 244 g/mol. The van der Waals surface area contributed by atoms with Crippen LogP contribution in [0, 0.1) is 0 Å². The van der Waals surface area contributed by atoms with Gasteiger partial charge in [-0.3, -0.25) is 0 Å². The molecule has 0 amide bonds. The summed E-state index contributed by atoms with van der Waals surface area (Å²) in [5.74, 6) is -0.123. The number of carbonyl (C=O) groups excluding carboxylic acids is 1. The van der Waals surface area contributed by atoms with E-state index in [9.17, 15) is 4.79 Å². The zero-order valence-electron chi connectivity index (χ0n) is 9.01. The van der Waals surface area contributed by atoms with Crippen LogP contribution in [0.5, 0.6) is 0 Å². The highest BCUT2D eigenvalue weighted by molar-refractivity contribution is 6.33. The van der Waals surface area contributed by atoms with Crippen molar-refractivity contribution in [3.8, 4) is 11.5 Å². The van der Waals surface area contributed by atoms with Crippen molar-refractivity contribution in [3.63, 3.8) is 0 Å². The Hall–Kier alpha value is -1.88. The SMILES string of the molecule is CCOC(=O)c1c(Cl)ncnc1-c1ccco1. The van der Waals surface area contributed by atoms with Crippen LogP contribution in [-0.4, -0.2) is 22.5 Å². The minimum Gasteiger partial charge on any atom is -0.463 e. The number of nitrogens with zero attached hydrogens (tertiary/aromatic N) is 2. The molecule has 2 heterocycles. The topological polar surface area (TPSA) is 65.2 Å². The lowest BCUT2D eigenvalue weighted by Gasteiger charge is -2.06. The molecule has 17 heavy (non-hydrogen) atoms. The van der Waals surface area contributed by atoms with Crippen LogP contribution in [0.4, 0.5) is 0 Å². The van der Waals surface area contributed by atoms with E-state index in [1.54, 1.807) is 19.1 Å². The zero-order chi connectivity index (χ0) is 12.3. The van der Waals surface area contributed by atoms with Crippen molar-refractivity contribution in [2.45, 2.75) is 6.92 Å². The Morgan fingerprint density at radius 3 is 3.00 bits per heavy atom. The summed E-state index contributed by atoms with van der Waals surface area (Å²) >= 11 is 5.88. The van der Waals surface area contributed by atoms with Gasteiger partial charge in [0, 0.05) is 0 Å². The molecule has 0 aromatic carbocycles. The Labute approximate surface area is 102 Å². The van der Waals surface area contributed by atoms with Gasteiger partial charge in [0.1, 0.15) is 22.7 Å². The molecule has 88 valence electrons. The van der Waals surface area contributed by atoms with Crippen molar-refractivity contribution in [1.82, 2.24) is 9.97 Å². The molecule has 0 aliphatic heterocycles. The third kappa shape index (κ3) is 2.29. The highest BCUT2D eigenvalue weighted by atomic mass is 35.5. The molecule has 2 aromatic heterocycles. The van der Waals surface area contributed by atoms with E-state index in [4.69, 9.17) is 20.8 Å². The van der Waals surface area contributed by atoms with E-state index in [0.717, 1.165) is 0 Å². The van der Waals surface area contributed by atoms with Crippen molar-refractivity contribution in [2.75, 3.05) is 6.61 Å². The van der Waals surface area contributed by atoms with Gasteiger partial charge in [-0.15, -0.1) is 0 Å². The summed E-state index contributed by atoms with van der Waals surface area (Å²) in [4.78, 5) is 19.5. The maximum atomic E-state index is 11.8. The molecule has 0 aliphatic rings. The fourth-order valence-electron chi connectivity index (χ4n) is 1.35. The number of furan rings is 1. The average Bonchev–Trinajstić information content (AvgIpc) is 2.82. The van der Waals surface area contributed by atoms with Gasteiger partial charge in [-0.25, -0.2) is 14.8 Å². The van der Waals surface area contributed by atoms with Gasteiger partial charge in [-0.05, 0) is 19.1 Å². The molecule has 0 fully saturated rings. The third-order valence-corrected chi connectivity index (χ3v) is 2.32. The number of hydrogen-bond donors (Lipinski definition) is 0. The number of rotatable bonds is 3. The first kappa shape index (κ1) is 11.6. The zero-order valence-corrected chi connectivity index (χ0v) is 9.77. The minimum absolute atomic E-state index is 0.0462. The van der Waals surface area contributed by atoms with Crippen LogP contribution in [0.1, 0.15) is 17.3 Å². The molecule has 0 bridgehead atoms. The lowest BCUT2D eigenvalue weighted by molar-refractivity contribution is 0.0526. The summed E-state index contributed by atoms with van der Waals surface area (Å²) in [6.45, 7) is 1.96. The van der Waals surface area contributed by atoms with Gasteiger partial charge in [0.15, 0.2) is 5.76 Å². The quantitative estimate of drug-likeness (QED) is 0.620. The van der Waals surface area contributed by atoms with Crippen LogP contribution in [0.3, 0.4) is 0 Å². The minimum atomic E-state index is -0.565. The monoisotopic (exact) mass is 252 g/mol. The normalized spacial score (nSPS) is 10.2. The van der Waals surface area contributed by atoms with Crippen molar-refractivity contribution < 1.29 is 13.9 Å². The summed E-state index contributed by atoms with van der Waals surface area (Å²) < 4.78 is 10.1. The van der Waals surface area contributed by atoms with E-state index in [1.807, 2.05) is 0 Å². The van der Waals surface area contributed by atoms with Crippen LogP contribution in [0.25, 0.3) is 11.5 Å². The largest absolute Gasteiger partial charge is 0.463 e. The van der Waals surface area contributed by atoms with E-state index < -0.39 is 5.97 Å². The van der Waals surface area contributed by atoms with Crippen LogP contribution in [-0.2, 0) is 4.74 Å². The fraction of sp³-hybridized carbons (Fsp3) is 0.182. The molecule has 5 nitrogen and oxygen atoms in total. The number of carbonyl (C=O) groups is 1. The van der Waals surface area contributed by atoms with Crippen LogP contribution >= 0.6 is 11.6 Å². The first-order chi connectivity index (χ1) is 8.24. The molecule has 0 spiro atoms. The molecule has 0 aliphatic carbocycles. The van der Waals surface area contributed by atoms with Crippen LogP contribution in [0.2, 0.25) is 5.15 Å². The number of ether oxygens (including phenoxy) is 1. The summed E-state index contributed by atoms with van der Waals surface area (Å²) in [5, 5.41) is 0.0462. The second-order valence-corrected chi connectivity index (χ2v) is 3.44. The molecule has 0 saturated heterocycles. The Morgan fingerprint density at radius 1 is 1.53 bits per heavy atom. The number of aromatic nitrogens is 2. The van der Waals surface area contributed by atoms with Crippen LogP contribution < -0.4 is 0 Å². The molecular formula is C11H9ClN2O3. The molecule has 0 unspecified atom stereocenters. The molecule has 6 heteroatoms. The van der Waals surface area contributed by atoms with Crippen molar-refractivity contribution in [1.29, 1.82) is 0 Å². The number of esters is 1. The maximum absolute atomic E-state index is 11.8. The first-order valence-electron chi connectivity index (χ1n) is 4.95. The van der Waals surface area contributed by atoms with E-state index in [-0.39, 0.29) is 17.3 Å². The Balaban J connectivity index is 2.53. The van der Waals surface area contributed by atoms with E-state index >= 15 is 0 Å². The van der Waals surface area contributed by atoms with Crippen molar-refractivity contribution in [3.05, 3.63) is 35.4 Å². The summed E-state index contributed by atoms with van der Waals surface area (Å²) in [6.07, 6.45) is 2.75. The third-order valence-electron chi connectivity index (χ3n) is 2.04. The first-order valence-corrected chi connectivity index (χ1v) is 5.33. The maximum Gasteiger partial charge on any atom is 0.343 e. The Bertz CT molecular complexity index is 526. The second-order valence-electron chi connectivity index (χ2n) is 3.09. The van der Waals surface area contributed by atoms with Gasteiger partial charge >= 0.3 is 5.97 Å².